The van der Waals surface area contributed by atoms with Crippen LogP contribution in [0.15, 0.2) is 36.7 Å². The average molecular weight is 327 g/mol. The summed E-state index contributed by atoms with van der Waals surface area (Å²) < 4.78 is 47.6. The van der Waals surface area contributed by atoms with Crippen molar-refractivity contribution in [3.05, 3.63) is 42.2 Å². The molecule has 1 aromatic carbocycles. The Hall–Kier alpha value is -2.84. The van der Waals surface area contributed by atoms with E-state index in [4.69, 9.17) is 9.47 Å². The van der Waals surface area contributed by atoms with Crippen molar-refractivity contribution in [2.24, 2.45) is 0 Å². The lowest BCUT2D eigenvalue weighted by atomic mass is 10.2. The molecule has 23 heavy (non-hydrogen) atoms. The van der Waals surface area contributed by atoms with Crippen LogP contribution in [0, 0.1) is 0 Å². The lowest BCUT2D eigenvalue weighted by molar-refractivity contribution is -0.137. The predicted molar refractivity (Wildman–Crippen MR) is 74.2 cm³/mol. The monoisotopic (exact) mass is 327 g/mol. The van der Waals surface area contributed by atoms with E-state index in [0.717, 1.165) is 12.1 Å². The SMILES string of the molecule is COc1cc(NC(=O)COc2cccc(C(F)(F)F)c2)ncn1. The highest BCUT2D eigenvalue weighted by Gasteiger charge is 2.30. The zero-order valence-electron chi connectivity index (χ0n) is 11.9. The second-order valence-corrected chi connectivity index (χ2v) is 4.31. The number of rotatable bonds is 5. The fourth-order valence-corrected chi connectivity index (χ4v) is 1.61. The summed E-state index contributed by atoms with van der Waals surface area (Å²) in [5.74, 6) is -0.193. The third-order valence-corrected chi connectivity index (χ3v) is 2.65. The van der Waals surface area contributed by atoms with Gasteiger partial charge in [0.1, 0.15) is 17.9 Å². The quantitative estimate of drug-likeness (QED) is 0.913. The number of anilines is 1. The van der Waals surface area contributed by atoms with Gasteiger partial charge in [-0.25, -0.2) is 9.97 Å². The summed E-state index contributed by atoms with van der Waals surface area (Å²) in [4.78, 5) is 19.3. The minimum absolute atomic E-state index is 0.0600. The highest BCUT2D eigenvalue weighted by Crippen LogP contribution is 2.31. The maximum atomic E-state index is 12.6. The Bertz CT molecular complexity index is 692. The van der Waals surface area contributed by atoms with Gasteiger partial charge in [-0.15, -0.1) is 0 Å². The van der Waals surface area contributed by atoms with Crippen molar-refractivity contribution in [1.29, 1.82) is 0 Å². The second kappa shape index (κ2) is 6.95. The summed E-state index contributed by atoms with van der Waals surface area (Å²) >= 11 is 0. The lowest BCUT2D eigenvalue weighted by Crippen LogP contribution is -2.21. The molecule has 0 aliphatic carbocycles. The van der Waals surface area contributed by atoms with E-state index in [1.807, 2.05) is 0 Å². The third-order valence-electron chi connectivity index (χ3n) is 2.65. The highest BCUT2D eigenvalue weighted by molar-refractivity contribution is 5.91. The molecule has 0 atom stereocenters. The Morgan fingerprint density at radius 3 is 2.74 bits per heavy atom. The summed E-state index contributed by atoms with van der Waals surface area (Å²) in [5.41, 5.74) is -0.851. The topological polar surface area (TPSA) is 73.3 Å². The van der Waals surface area contributed by atoms with E-state index < -0.39 is 24.3 Å². The number of hydrogen-bond acceptors (Lipinski definition) is 5. The minimum atomic E-state index is -4.47. The molecule has 0 unspecified atom stereocenters. The van der Waals surface area contributed by atoms with Crippen LogP contribution in [0.3, 0.4) is 0 Å². The van der Waals surface area contributed by atoms with Gasteiger partial charge in [-0.1, -0.05) is 6.07 Å². The van der Waals surface area contributed by atoms with Crippen molar-refractivity contribution in [3.63, 3.8) is 0 Å². The van der Waals surface area contributed by atoms with Crippen LogP contribution < -0.4 is 14.8 Å². The van der Waals surface area contributed by atoms with Crippen LogP contribution in [-0.2, 0) is 11.0 Å². The van der Waals surface area contributed by atoms with E-state index in [2.05, 4.69) is 15.3 Å². The largest absolute Gasteiger partial charge is 0.484 e. The number of alkyl halides is 3. The number of methoxy groups -OCH3 is 1. The smallest absolute Gasteiger partial charge is 0.416 e. The van der Waals surface area contributed by atoms with Crippen LogP contribution in [0.5, 0.6) is 11.6 Å². The molecule has 1 amide bonds. The lowest BCUT2D eigenvalue weighted by Gasteiger charge is -2.10. The molecule has 0 radical (unpaired) electrons. The number of hydrogen-bond donors (Lipinski definition) is 1. The molecule has 9 heteroatoms. The van der Waals surface area contributed by atoms with Gasteiger partial charge in [0.15, 0.2) is 6.61 Å². The van der Waals surface area contributed by atoms with Crippen LogP contribution in [0.25, 0.3) is 0 Å². The Morgan fingerprint density at radius 2 is 2.04 bits per heavy atom. The first-order chi connectivity index (χ1) is 10.9. The number of amides is 1. The van der Waals surface area contributed by atoms with Gasteiger partial charge in [-0.3, -0.25) is 4.79 Å². The fourth-order valence-electron chi connectivity index (χ4n) is 1.61. The molecule has 0 saturated heterocycles. The first kappa shape index (κ1) is 16.5. The highest BCUT2D eigenvalue weighted by atomic mass is 19.4. The molecule has 1 heterocycles. The standard InChI is InChI=1S/C14H12F3N3O3/c1-22-13-6-11(18-8-19-13)20-12(21)7-23-10-4-2-3-9(5-10)14(15,16)17/h2-6,8H,7H2,1H3,(H,18,19,20,21). The van der Waals surface area contributed by atoms with Crippen LogP contribution in [0.2, 0.25) is 0 Å². The molecule has 1 N–H and O–H groups in total. The first-order valence-electron chi connectivity index (χ1n) is 6.34. The number of benzene rings is 1. The van der Waals surface area contributed by atoms with Crippen molar-refractivity contribution in [1.82, 2.24) is 9.97 Å². The molecule has 0 aliphatic rings. The van der Waals surface area contributed by atoms with Crippen molar-refractivity contribution in [2.45, 2.75) is 6.18 Å². The van der Waals surface area contributed by atoms with Crippen molar-refractivity contribution in [2.75, 3.05) is 19.0 Å². The van der Waals surface area contributed by atoms with Gasteiger partial charge in [0.2, 0.25) is 5.88 Å². The van der Waals surface area contributed by atoms with Crippen LogP contribution in [0.4, 0.5) is 19.0 Å². The van der Waals surface area contributed by atoms with Gasteiger partial charge in [0.05, 0.1) is 12.7 Å². The number of aromatic nitrogens is 2. The zero-order chi connectivity index (χ0) is 16.9. The maximum Gasteiger partial charge on any atom is 0.416 e. The zero-order valence-corrected chi connectivity index (χ0v) is 11.9. The van der Waals surface area contributed by atoms with Gasteiger partial charge in [-0.2, -0.15) is 13.2 Å². The molecular formula is C14H12F3N3O3. The van der Waals surface area contributed by atoms with Gasteiger partial charge >= 0.3 is 6.18 Å². The predicted octanol–water partition coefficient (Wildman–Crippen LogP) is 2.52. The third kappa shape index (κ3) is 4.83. The molecule has 1 aromatic heterocycles. The number of halogens is 3. The maximum absolute atomic E-state index is 12.6. The van der Waals surface area contributed by atoms with Gasteiger partial charge < -0.3 is 14.8 Å². The van der Waals surface area contributed by atoms with Crippen molar-refractivity contribution < 1.29 is 27.4 Å². The van der Waals surface area contributed by atoms with Crippen LogP contribution >= 0.6 is 0 Å². The van der Waals surface area contributed by atoms with E-state index >= 15 is 0 Å². The first-order valence-corrected chi connectivity index (χ1v) is 6.34. The fraction of sp³-hybridized carbons (Fsp3) is 0.214. The summed E-state index contributed by atoms with van der Waals surface area (Å²) in [6, 6.07) is 5.66. The summed E-state index contributed by atoms with van der Waals surface area (Å²) in [5, 5.41) is 2.41. The van der Waals surface area contributed by atoms with Crippen LogP contribution in [-0.4, -0.2) is 29.6 Å². The number of ether oxygens (including phenoxy) is 2. The summed E-state index contributed by atoms with van der Waals surface area (Å²) in [6.45, 7) is -0.465. The van der Waals surface area contributed by atoms with Gasteiger partial charge in [0.25, 0.3) is 5.91 Å². The molecular weight excluding hydrogens is 315 g/mol. The Balaban J connectivity index is 1.94. The average Bonchev–Trinajstić information content (AvgIpc) is 2.52. The minimum Gasteiger partial charge on any atom is -0.484 e. The second-order valence-electron chi connectivity index (χ2n) is 4.31. The molecule has 0 spiro atoms. The Labute approximate surface area is 129 Å². The van der Waals surface area contributed by atoms with E-state index in [0.29, 0.717) is 0 Å². The molecule has 2 rings (SSSR count). The molecule has 2 aromatic rings. The number of nitrogens with one attached hydrogen (secondary N) is 1. The Kier molecular flexibility index (Phi) is 4.99. The van der Waals surface area contributed by atoms with E-state index in [9.17, 15) is 18.0 Å². The van der Waals surface area contributed by atoms with Gasteiger partial charge in [-0.05, 0) is 18.2 Å². The van der Waals surface area contributed by atoms with Crippen molar-refractivity contribution in [3.8, 4) is 11.6 Å². The van der Waals surface area contributed by atoms with Crippen molar-refractivity contribution >= 4 is 11.7 Å². The molecule has 6 nitrogen and oxygen atoms in total. The van der Waals surface area contributed by atoms with Crippen LogP contribution in [0.1, 0.15) is 5.56 Å². The molecule has 0 bridgehead atoms. The number of nitrogens with zero attached hydrogens (tertiary/aromatic N) is 2. The van der Waals surface area contributed by atoms with Gasteiger partial charge in [0, 0.05) is 6.07 Å². The summed E-state index contributed by atoms with van der Waals surface area (Å²) in [6.07, 6.45) is -3.28. The Morgan fingerprint density at radius 1 is 1.26 bits per heavy atom. The number of carbonyl (C=O) groups excluding carboxylic acids is 1. The van der Waals surface area contributed by atoms with E-state index in [1.54, 1.807) is 0 Å². The molecule has 0 aliphatic heterocycles. The van der Waals surface area contributed by atoms with E-state index in [1.165, 1.54) is 31.6 Å². The molecule has 0 saturated carbocycles. The summed E-state index contributed by atoms with van der Waals surface area (Å²) in [7, 11) is 1.41. The van der Waals surface area contributed by atoms with E-state index in [-0.39, 0.29) is 17.4 Å². The molecule has 122 valence electrons. The number of carbonyl (C=O) groups is 1. The molecule has 0 fully saturated rings. The normalized spacial score (nSPS) is 11.0.